The number of carbonyl (C=O) groups is 2. The second-order valence-corrected chi connectivity index (χ2v) is 7.98. The summed E-state index contributed by atoms with van der Waals surface area (Å²) in [6, 6.07) is 10.3. The Labute approximate surface area is 195 Å². The van der Waals surface area contributed by atoms with E-state index in [4.69, 9.17) is 21.7 Å². The third-order valence-electron chi connectivity index (χ3n) is 4.76. The molecular formula is C23H25FN4O4S. The quantitative estimate of drug-likeness (QED) is 0.338. The van der Waals surface area contributed by atoms with Gasteiger partial charge < -0.3 is 14.5 Å². The number of carbonyl (C=O) groups excluding carboxylic acids is 2. The number of aromatic amines is 1. The van der Waals surface area contributed by atoms with Crippen LogP contribution in [0.5, 0.6) is 11.5 Å². The first-order valence-electron chi connectivity index (χ1n) is 10.3. The molecule has 2 amide bonds. The van der Waals surface area contributed by atoms with Crippen molar-refractivity contribution in [2.75, 3.05) is 13.7 Å². The third kappa shape index (κ3) is 5.98. The first kappa shape index (κ1) is 24.0. The molecule has 0 atom stereocenters. The molecule has 0 fully saturated rings. The minimum Gasteiger partial charge on any atom is -0.493 e. The number of rotatable bonds is 8. The molecule has 8 nitrogen and oxygen atoms in total. The molecule has 0 saturated carbocycles. The molecule has 0 aliphatic heterocycles. The molecule has 3 aromatic rings. The molecule has 2 aromatic carbocycles. The zero-order valence-corrected chi connectivity index (χ0v) is 19.3. The number of nitrogens with one attached hydrogen (secondary N) is 3. The maximum Gasteiger partial charge on any atom is 0.288 e. The van der Waals surface area contributed by atoms with Gasteiger partial charge in [-0.15, -0.1) is 0 Å². The Balaban J connectivity index is 1.68. The number of hydrazine groups is 1. The maximum atomic E-state index is 13.2. The van der Waals surface area contributed by atoms with E-state index in [1.807, 2.05) is 0 Å². The molecule has 174 valence electrons. The number of imidazole rings is 1. The van der Waals surface area contributed by atoms with Crippen LogP contribution < -0.4 is 20.3 Å². The van der Waals surface area contributed by atoms with Gasteiger partial charge in [-0.3, -0.25) is 25.0 Å². The number of aromatic nitrogens is 2. The summed E-state index contributed by atoms with van der Waals surface area (Å²) in [6.45, 7) is 4.74. The number of hydrogen-bond acceptors (Lipinski definition) is 5. The number of halogens is 1. The highest BCUT2D eigenvalue weighted by atomic mass is 32.1. The summed E-state index contributed by atoms with van der Waals surface area (Å²) >= 11 is 5.22. The van der Waals surface area contributed by atoms with E-state index in [1.54, 1.807) is 12.1 Å². The lowest BCUT2D eigenvalue weighted by molar-refractivity contribution is 0.0842. The van der Waals surface area contributed by atoms with Crippen molar-refractivity contribution in [3.05, 3.63) is 70.5 Å². The molecule has 10 heteroatoms. The van der Waals surface area contributed by atoms with Crippen LogP contribution in [0.4, 0.5) is 4.39 Å². The highest BCUT2D eigenvalue weighted by molar-refractivity contribution is 7.71. The van der Waals surface area contributed by atoms with Gasteiger partial charge in [0.05, 0.1) is 13.7 Å². The van der Waals surface area contributed by atoms with Crippen molar-refractivity contribution in [1.82, 2.24) is 20.4 Å². The lowest BCUT2D eigenvalue weighted by Crippen LogP contribution is -2.42. The Kier molecular flexibility index (Phi) is 7.83. The van der Waals surface area contributed by atoms with Crippen LogP contribution in [0, 0.1) is 16.5 Å². The first-order chi connectivity index (χ1) is 15.8. The minimum absolute atomic E-state index is 0.137. The molecular weight excluding hydrogens is 447 g/mol. The summed E-state index contributed by atoms with van der Waals surface area (Å²) in [5.41, 5.74) is 5.63. The van der Waals surface area contributed by atoms with Crippen LogP contribution in [0.2, 0.25) is 0 Å². The van der Waals surface area contributed by atoms with Crippen molar-refractivity contribution < 1.29 is 23.5 Å². The van der Waals surface area contributed by atoms with E-state index < -0.39 is 17.6 Å². The maximum absolute atomic E-state index is 13.2. The summed E-state index contributed by atoms with van der Waals surface area (Å²) in [7, 11) is 1.49. The average molecular weight is 473 g/mol. The average Bonchev–Trinajstić information content (AvgIpc) is 3.19. The summed E-state index contributed by atoms with van der Waals surface area (Å²) in [5, 5.41) is 0. The largest absolute Gasteiger partial charge is 0.493 e. The zero-order chi connectivity index (χ0) is 24.0. The summed E-state index contributed by atoms with van der Waals surface area (Å²) < 4.78 is 26.0. The second-order valence-electron chi connectivity index (χ2n) is 7.60. The van der Waals surface area contributed by atoms with Gasteiger partial charge in [-0.05, 0) is 67.0 Å². The third-order valence-corrected chi connectivity index (χ3v) is 5.06. The molecule has 3 N–H and O–H groups in total. The van der Waals surface area contributed by atoms with Crippen molar-refractivity contribution in [1.29, 1.82) is 0 Å². The van der Waals surface area contributed by atoms with Crippen LogP contribution in [-0.4, -0.2) is 35.1 Å². The normalized spacial score (nSPS) is 10.7. The van der Waals surface area contributed by atoms with E-state index in [9.17, 15) is 14.0 Å². The van der Waals surface area contributed by atoms with Gasteiger partial charge in [-0.25, -0.2) is 4.39 Å². The number of ether oxygens (including phenoxy) is 2. The topological polar surface area (TPSA) is 97.4 Å². The molecule has 0 bridgehead atoms. The van der Waals surface area contributed by atoms with Crippen molar-refractivity contribution >= 4 is 24.0 Å². The van der Waals surface area contributed by atoms with Crippen LogP contribution in [0.25, 0.3) is 5.69 Å². The van der Waals surface area contributed by atoms with Gasteiger partial charge in [0.1, 0.15) is 11.5 Å². The minimum atomic E-state index is -0.611. The summed E-state index contributed by atoms with van der Waals surface area (Å²) in [6.07, 6.45) is 2.29. The Bertz CT molecular complexity index is 1190. The van der Waals surface area contributed by atoms with E-state index in [2.05, 4.69) is 29.7 Å². The number of benzene rings is 2. The molecule has 33 heavy (non-hydrogen) atoms. The number of H-pyrrole nitrogens is 1. The Morgan fingerprint density at radius 2 is 1.79 bits per heavy atom. The number of amides is 2. The Morgan fingerprint density at radius 3 is 2.45 bits per heavy atom. The van der Waals surface area contributed by atoms with Crippen molar-refractivity contribution in [2.24, 2.45) is 5.92 Å². The Morgan fingerprint density at radius 1 is 1.09 bits per heavy atom. The van der Waals surface area contributed by atoms with E-state index in [0.29, 0.717) is 29.7 Å². The monoisotopic (exact) mass is 472 g/mol. The first-order valence-corrected chi connectivity index (χ1v) is 10.7. The number of methoxy groups -OCH3 is 1. The van der Waals surface area contributed by atoms with Gasteiger partial charge in [0.25, 0.3) is 11.8 Å². The van der Waals surface area contributed by atoms with Gasteiger partial charge in [-0.1, -0.05) is 13.8 Å². The predicted octanol–water partition coefficient (Wildman–Crippen LogP) is 4.18. The predicted molar refractivity (Wildman–Crippen MR) is 124 cm³/mol. The smallest absolute Gasteiger partial charge is 0.288 e. The van der Waals surface area contributed by atoms with Crippen LogP contribution in [-0.2, 0) is 0 Å². The van der Waals surface area contributed by atoms with Gasteiger partial charge in [0, 0.05) is 17.4 Å². The summed E-state index contributed by atoms with van der Waals surface area (Å²) in [4.78, 5) is 28.0. The SMILES string of the molecule is COc1cc(C(=O)NNC(=O)c2c[nH]c(=S)n2-c2ccc(F)cc2)ccc1OCCC(C)C. The number of nitrogens with zero attached hydrogens (tertiary/aromatic N) is 1. The fraction of sp³-hybridized carbons (Fsp3) is 0.261. The van der Waals surface area contributed by atoms with Crippen molar-refractivity contribution in [3.63, 3.8) is 0 Å². The van der Waals surface area contributed by atoms with E-state index in [0.717, 1.165) is 6.42 Å². The van der Waals surface area contributed by atoms with Crippen LogP contribution in [0.15, 0.2) is 48.7 Å². The molecule has 0 aliphatic carbocycles. The van der Waals surface area contributed by atoms with Crippen LogP contribution in [0.1, 0.15) is 41.1 Å². The van der Waals surface area contributed by atoms with Gasteiger partial charge >= 0.3 is 0 Å². The molecule has 1 heterocycles. The lowest BCUT2D eigenvalue weighted by atomic mass is 10.1. The van der Waals surface area contributed by atoms with Gasteiger partial charge in [0.15, 0.2) is 16.3 Å². The van der Waals surface area contributed by atoms with Gasteiger partial charge in [0.2, 0.25) is 0 Å². The molecule has 0 radical (unpaired) electrons. The summed E-state index contributed by atoms with van der Waals surface area (Å²) in [5.74, 6) is -0.120. The molecule has 3 rings (SSSR count). The highest BCUT2D eigenvalue weighted by Crippen LogP contribution is 2.28. The molecule has 0 saturated heterocycles. The van der Waals surface area contributed by atoms with Crippen molar-refractivity contribution in [2.45, 2.75) is 20.3 Å². The van der Waals surface area contributed by atoms with Gasteiger partial charge in [-0.2, -0.15) is 0 Å². The zero-order valence-electron chi connectivity index (χ0n) is 18.5. The number of hydrogen-bond donors (Lipinski definition) is 3. The fourth-order valence-corrected chi connectivity index (χ4v) is 3.23. The van der Waals surface area contributed by atoms with E-state index in [-0.39, 0.29) is 16.0 Å². The standard InChI is InChI=1S/C23H25FN4O4S/c1-14(2)10-11-32-19-9-4-15(12-20(19)31-3)21(29)26-27-22(30)18-13-25-23(33)28(18)17-7-5-16(24)6-8-17/h4-9,12-14H,10-11H2,1-3H3,(H,25,33)(H,26,29)(H,27,30). The fourth-order valence-electron chi connectivity index (χ4n) is 2.96. The van der Waals surface area contributed by atoms with Crippen LogP contribution >= 0.6 is 12.2 Å². The highest BCUT2D eigenvalue weighted by Gasteiger charge is 2.17. The Hall–Kier alpha value is -3.66. The second kappa shape index (κ2) is 10.8. The van der Waals surface area contributed by atoms with Crippen molar-refractivity contribution in [3.8, 4) is 17.2 Å². The molecule has 0 spiro atoms. The molecule has 1 aromatic heterocycles. The van der Waals surface area contributed by atoms with E-state index >= 15 is 0 Å². The molecule has 0 aliphatic rings. The van der Waals surface area contributed by atoms with E-state index in [1.165, 1.54) is 48.2 Å². The lowest BCUT2D eigenvalue weighted by Gasteiger charge is -2.13. The molecule has 0 unspecified atom stereocenters. The van der Waals surface area contributed by atoms with Crippen LogP contribution in [0.3, 0.4) is 0 Å².